The van der Waals surface area contributed by atoms with E-state index in [-0.39, 0.29) is 18.7 Å². The van der Waals surface area contributed by atoms with Crippen LogP contribution in [-0.4, -0.2) is 61.3 Å². The lowest BCUT2D eigenvalue weighted by Gasteiger charge is -2.38. The van der Waals surface area contributed by atoms with Gasteiger partial charge in [-0.05, 0) is 31.2 Å². The van der Waals surface area contributed by atoms with E-state index in [4.69, 9.17) is 19.7 Å². The lowest BCUT2D eigenvalue weighted by Crippen LogP contribution is -2.46. The molecule has 2 atom stereocenters. The van der Waals surface area contributed by atoms with Gasteiger partial charge in [-0.15, -0.1) is 0 Å². The van der Waals surface area contributed by atoms with Gasteiger partial charge in [0.25, 0.3) is 5.69 Å². The Balaban J connectivity index is 2.65. The van der Waals surface area contributed by atoms with E-state index in [0.29, 0.717) is 42.7 Å². The lowest BCUT2D eigenvalue weighted by atomic mass is 9.77. The number of unbranched alkanes of at least 4 members (excludes halogenated alkanes) is 1. The summed E-state index contributed by atoms with van der Waals surface area (Å²) in [7, 11) is 3.24. The molecule has 0 spiro atoms. The molecule has 0 aromatic heterocycles. The molecule has 0 fully saturated rings. The van der Waals surface area contributed by atoms with Crippen LogP contribution in [0.1, 0.15) is 50.5 Å². The number of allylic oxidation sites excluding steroid dienone is 1. The van der Waals surface area contributed by atoms with Crippen molar-refractivity contribution in [3.63, 3.8) is 0 Å². The van der Waals surface area contributed by atoms with Crippen molar-refractivity contribution in [3.05, 3.63) is 51.2 Å². The molecule has 0 radical (unpaired) electrons. The highest BCUT2D eigenvalue weighted by Crippen LogP contribution is 2.40. The van der Waals surface area contributed by atoms with Crippen molar-refractivity contribution in [2.45, 2.75) is 51.0 Å². The minimum atomic E-state index is -0.629. The van der Waals surface area contributed by atoms with Crippen LogP contribution < -0.4 is 0 Å². The molecule has 1 amide bonds. The monoisotopic (exact) mass is 470 g/mol. The normalized spacial score (nSPS) is 17.5. The first-order chi connectivity index (χ1) is 16.4. The van der Waals surface area contributed by atoms with E-state index in [0.717, 1.165) is 18.6 Å². The molecule has 1 aromatic carbocycles. The number of carbonyl (C=O) groups excluding carboxylic acids is 2. The van der Waals surface area contributed by atoms with Gasteiger partial charge in [0.2, 0.25) is 6.41 Å². The first kappa shape index (κ1) is 26.7. The van der Waals surface area contributed by atoms with Crippen LogP contribution in [-0.2, 0) is 19.1 Å². The summed E-state index contributed by atoms with van der Waals surface area (Å²) in [4.78, 5) is 42.0. The molecule has 1 heterocycles. The van der Waals surface area contributed by atoms with Gasteiger partial charge < -0.3 is 14.4 Å². The molecule has 0 bridgehead atoms. The Kier molecular flexibility index (Phi) is 10.4. The van der Waals surface area contributed by atoms with Gasteiger partial charge in [-0.1, -0.05) is 19.1 Å². The topological polar surface area (TPSA) is 135 Å². The number of likely N-dealkylation sites (N-methyl/N-ethyl adjacent to an activating group) is 1. The zero-order chi connectivity index (χ0) is 25.1. The summed E-state index contributed by atoms with van der Waals surface area (Å²) in [6.07, 6.45) is 3.26. The summed E-state index contributed by atoms with van der Waals surface area (Å²) in [5, 5.41) is 20.0. The highest BCUT2D eigenvalue weighted by Gasteiger charge is 2.41. The molecular weight excluding hydrogens is 440 g/mol. The number of hydrogen-bond acceptors (Lipinski definition) is 8. The number of aliphatic imine (C=N–C) groups is 1. The molecule has 0 aliphatic carbocycles. The molecule has 0 N–H and O–H groups in total. The van der Waals surface area contributed by atoms with Gasteiger partial charge >= 0.3 is 5.97 Å². The van der Waals surface area contributed by atoms with Crippen LogP contribution in [0.25, 0.3) is 0 Å². The molecule has 10 nitrogen and oxygen atoms in total. The predicted octanol–water partition coefficient (Wildman–Crippen LogP) is 3.53. The van der Waals surface area contributed by atoms with Gasteiger partial charge in [0.15, 0.2) is 0 Å². The maximum atomic E-state index is 13.3. The number of rotatable bonds is 13. The number of carbonyl (C=O) groups is 2. The number of esters is 1. The van der Waals surface area contributed by atoms with E-state index >= 15 is 0 Å². The fourth-order valence-corrected chi connectivity index (χ4v) is 4.05. The first-order valence-electron chi connectivity index (χ1n) is 11.1. The second-order valence-electron chi connectivity index (χ2n) is 7.85. The van der Waals surface area contributed by atoms with Gasteiger partial charge in [-0.3, -0.25) is 19.9 Å². The molecule has 2 rings (SSSR count). The average Bonchev–Trinajstić information content (AvgIpc) is 2.85. The van der Waals surface area contributed by atoms with E-state index in [9.17, 15) is 19.7 Å². The summed E-state index contributed by atoms with van der Waals surface area (Å²) in [5.41, 5.74) is 2.15. The van der Waals surface area contributed by atoms with Crippen molar-refractivity contribution in [1.29, 1.82) is 5.26 Å². The van der Waals surface area contributed by atoms with Crippen LogP contribution in [0.3, 0.4) is 0 Å². The number of benzene rings is 1. The quantitative estimate of drug-likeness (QED) is 0.141. The molecule has 1 aromatic rings. The van der Waals surface area contributed by atoms with E-state index < -0.39 is 22.9 Å². The number of ether oxygens (including phenoxy) is 2. The standard InChI is InChI=1S/C24H30N4O6/c1-4-19-23(27(2)16-29)21(17-9-11-18(12-10-17)28(31)32)22(24(30)34-15-7-13-25)20(26-19)8-5-6-14-33-3/h9-12,16,21,23H,4-8,14-15H2,1-3H3. The third-order valence-corrected chi connectivity index (χ3v) is 5.67. The Morgan fingerprint density at radius 3 is 2.56 bits per heavy atom. The Hall–Kier alpha value is -3.58. The van der Waals surface area contributed by atoms with Gasteiger partial charge in [0.1, 0.15) is 6.61 Å². The first-order valence-corrected chi connectivity index (χ1v) is 11.1. The average molecular weight is 471 g/mol. The van der Waals surface area contributed by atoms with Crippen LogP contribution in [0.15, 0.2) is 40.5 Å². The predicted molar refractivity (Wildman–Crippen MR) is 125 cm³/mol. The van der Waals surface area contributed by atoms with E-state index in [1.54, 1.807) is 26.3 Å². The molecular formula is C24H30N4O6. The van der Waals surface area contributed by atoms with Crippen molar-refractivity contribution < 1.29 is 24.0 Å². The molecule has 34 heavy (non-hydrogen) atoms. The van der Waals surface area contributed by atoms with E-state index in [1.807, 2.05) is 13.0 Å². The minimum absolute atomic E-state index is 0.0472. The molecule has 10 heteroatoms. The van der Waals surface area contributed by atoms with Gasteiger partial charge in [0, 0.05) is 44.5 Å². The number of amides is 1. The van der Waals surface area contributed by atoms with Crippen LogP contribution in [0.5, 0.6) is 0 Å². The maximum absolute atomic E-state index is 13.3. The highest BCUT2D eigenvalue weighted by atomic mass is 16.6. The van der Waals surface area contributed by atoms with Crippen molar-refractivity contribution >= 4 is 23.8 Å². The van der Waals surface area contributed by atoms with Crippen LogP contribution in [0.2, 0.25) is 0 Å². The number of methoxy groups -OCH3 is 1. The van der Waals surface area contributed by atoms with E-state index in [1.165, 1.54) is 17.0 Å². The maximum Gasteiger partial charge on any atom is 0.336 e. The number of nitro groups is 1. The third kappa shape index (κ3) is 6.48. The summed E-state index contributed by atoms with van der Waals surface area (Å²) < 4.78 is 10.5. The van der Waals surface area contributed by atoms with Crippen LogP contribution >= 0.6 is 0 Å². The van der Waals surface area contributed by atoms with Gasteiger partial charge in [-0.25, -0.2) is 4.79 Å². The molecule has 1 aliphatic heterocycles. The summed E-state index contributed by atoms with van der Waals surface area (Å²) >= 11 is 0. The fraction of sp³-hybridized carbons (Fsp3) is 0.500. The Bertz CT molecular complexity index is 980. The Labute approximate surface area is 199 Å². The van der Waals surface area contributed by atoms with Crippen molar-refractivity contribution in [2.24, 2.45) is 4.99 Å². The SMILES string of the molecule is CCC1=NC(CCCCOC)=C(C(=O)OCCC#N)C(c2ccc([N+](=O)[O-])cc2)C1N(C)C=O. The number of non-ortho nitro benzene ring substituents is 1. The number of hydrogen-bond donors (Lipinski definition) is 0. The zero-order valence-corrected chi connectivity index (χ0v) is 19.7. The smallest absolute Gasteiger partial charge is 0.336 e. The summed E-state index contributed by atoms with van der Waals surface area (Å²) in [6, 6.07) is 7.32. The number of nitrogens with zero attached hydrogens (tertiary/aromatic N) is 4. The Morgan fingerprint density at radius 1 is 1.29 bits per heavy atom. The lowest BCUT2D eigenvalue weighted by molar-refractivity contribution is -0.384. The highest BCUT2D eigenvalue weighted by molar-refractivity contribution is 6.00. The molecule has 2 unspecified atom stereocenters. The van der Waals surface area contributed by atoms with Gasteiger partial charge in [-0.2, -0.15) is 5.26 Å². The molecule has 0 saturated heterocycles. The second kappa shape index (κ2) is 13.2. The Morgan fingerprint density at radius 2 is 2.00 bits per heavy atom. The summed E-state index contributed by atoms with van der Waals surface area (Å²) in [6.45, 7) is 2.43. The molecule has 1 aliphatic rings. The third-order valence-electron chi connectivity index (χ3n) is 5.67. The number of nitro benzene ring substituents is 1. The zero-order valence-electron chi connectivity index (χ0n) is 19.7. The van der Waals surface area contributed by atoms with Crippen molar-refractivity contribution in [2.75, 3.05) is 27.4 Å². The summed E-state index contributed by atoms with van der Waals surface area (Å²) in [5.74, 6) is -1.24. The largest absolute Gasteiger partial charge is 0.461 e. The van der Waals surface area contributed by atoms with Gasteiger partial charge in [0.05, 0.1) is 34.7 Å². The van der Waals surface area contributed by atoms with Crippen molar-refractivity contribution in [1.82, 2.24) is 4.90 Å². The van der Waals surface area contributed by atoms with Crippen LogP contribution in [0, 0.1) is 21.4 Å². The number of nitriles is 1. The van der Waals surface area contributed by atoms with E-state index in [2.05, 4.69) is 0 Å². The van der Waals surface area contributed by atoms with Crippen LogP contribution in [0.4, 0.5) is 5.69 Å². The minimum Gasteiger partial charge on any atom is -0.461 e. The second-order valence-corrected chi connectivity index (χ2v) is 7.85. The fourth-order valence-electron chi connectivity index (χ4n) is 4.05. The van der Waals surface area contributed by atoms with Crippen molar-refractivity contribution in [3.8, 4) is 6.07 Å². The molecule has 182 valence electrons. The molecule has 0 saturated carbocycles.